The third-order valence-corrected chi connectivity index (χ3v) is 7.44. The first kappa shape index (κ1) is 26.2. The summed E-state index contributed by atoms with van der Waals surface area (Å²) >= 11 is 0. The van der Waals surface area contributed by atoms with Gasteiger partial charge in [-0.25, -0.2) is 18.7 Å². The number of hydrogen-bond donors (Lipinski definition) is 3. The summed E-state index contributed by atoms with van der Waals surface area (Å²) in [5.41, 5.74) is 0.609. The Morgan fingerprint density at radius 3 is 2.67 bits per heavy atom. The van der Waals surface area contributed by atoms with E-state index in [1.54, 1.807) is 12.1 Å². The van der Waals surface area contributed by atoms with E-state index >= 15 is 0 Å². The largest absolute Gasteiger partial charge is 0.435 e. The number of nitrogens with zero attached hydrogens (tertiary/aromatic N) is 5. The van der Waals surface area contributed by atoms with Crippen molar-refractivity contribution in [2.45, 2.75) is 38.5 Å². The molecule has 4 heterocycles. The molecule has 3 N–H and O–H groups in total. The molecule has 0 radical (unpaired) electrons. The second kappa shape index (κ2) is 9.84. The molecule has 4 aromatic rings. The van der Waals surface area contributed by atoms with Crippen LogP contribution in [0, 0.1) is 11.8 Å². The quantitative estimate of drug-likeness (QED) is 0.280. The van der Waals surface area contributed by atoms with Crippen molar-refractivity contribution in [3.8, 4) is 11.3 Å². The second-order valence-electron chi connectivity index (χ2n) is 9.95. The van der Waals surface area contributed by atoms with Gasteiger partial charge in [-0.1, -0.05) is 6.92 Å². The highest BCUT2D eigenvalue weighted by molar-refractivity contribution is 5.96. The second-order valence-corrected chi connectivity index (χ2v) is 9.95. The van der Waals surface area contributed by atoms with Crippen LogP contribution < -0.4 is 16.0 Å². The average Bonchev–Trinajstić information content (AvgIpc) is 3.37. The standard InChI is InChI=1S/C26H25F5N8O/c1-2-13-7-14(3-4-15(13)25(40)36-21-16-8-32-9-17(16)21)35-23-24-34-10-19(39(24)6-5-33-23)18-11-38(12-20(27)28)37-22(18)26(29,30)31/h3-7,10-11,16-17,20-21,32H,2,8-9,12H2,1H3,(H,33,35)(H,36,40). The zero-order valence-corrected chi connectivity index (χ0v) is 21.2. The number of fused-ring (bicyclic) bond motifs is 2. The number of imidazole rings is 1. The van der Waals surface area contributed by atoms with Crippen LogP contribution >= 0.6 is 0 Å². The Morgan fingerprint density at radius 1 is 1.20 bits per heavy atom. The highest BCUT2D eigenvalue weighted by Gasteiger charge is 2.53. The Bertz CT molecular complexity index is 1570. The average molecular weight is 561 g/mol. The van der Waals surface area contributed by atoms with Gasteiger partial charge in [0.1, 0.15) is 6.54 Å². The van der Waals surface area contributed by atoms with Crippen molar-refractivity contribution in [1.82, 2.24) is 34.8 Å². The van der Waals surface area contributed by atoms with Gasteiger partial charge >= 0.3 is 6.18 Å². The lowest BCUT2D eigenvalue weighted by Gasteiger charge is -2.13. The van der Waals surface area contributed by atoms with Crippen LogP contribution in [0.2, 0.25) is 0 Å². The van der Waals surface area contributed by atoms with E-state index in [0.29, 0.717) is 34.2 Å². The van der Waals surface area contributed by atoms with E-state index in [-0.39, 0.29) is 34.7 Å². The number of aryl methyl sites for hydroxylation is 1. The van der Waals surface area contributed by atoms with Gasteiger partial charge in [-0.15, -0.1) is 0 Å². The van der Waals surface area contributed by atoms with Crippen LogP contribution in [0.25, 0.3) is 16.9 Å². The molecule has 2 fully saturated rings. The number of carbonyl (C=O) groups excluding carboxylic acids is 1. The van der Waals surface area contributed by atoms with Gasteiger partial charge in [0.05, 0.1) is 17.5 Å². The van der Waals surface area contributed by atoms with Gasteiger partial charge in [0, 0.05) is 49.0 Å². The number of anilines is 2. The van der Waals surface area contributed by atoms with Crippen molar-refractivity contribution in [3.05, 3.63) is 59.8 Å². The smallest absolute Gasteiger partial charge is 0.349 e. The number of hydrogen-bond acceptors (Lipinski definition) is 6. The Morgan fingerprint density at radius 2 is 1.98 bits per heavy atom. The minimum atomic E-state index is -4.86. The van der Waals surface area contributed by atoms with Crippen LogP contribution in [0.5, 0.6) is 0 Å². The molecular formula is C26H25F5N8O. The van der Waals surface area contributed by atoms with Crippen molar-refractivity contribution in [1.29, 1.82) is 0 Å². The van der Waals surface area contributed by atoms with E-state index in [2.05, 4.69) is 31.0 Å². The molecule has 1 aliphatic carbocycles. The molecule has 6 rings (SSSR count). The number of rotatable bonds is 8. The summed E-state index contributed by atoms with van der Waals surface area (Å²) in [5.74, 6) is 1.13. The minimum absolute atomic E-state index is 0.0228. The van der Waals surface area contributed by atoms with Gasteiger partial charge in [-0.3, -0.25) is 13.9 Å². The van der Waals surface area contributed by atoms with Crippen molar-refractivity contribution < 1.29 is 26.7 Å². The maximum Gasteiger partial charge on any atom is 0.435 e. The van der Waals surface area contributed by atoms with Gasteiger partial charge in [0.25, 0.3) is 12.3 Å². The maximum absolute atomic E-state index is 13.7. The number of nitrogens with one attached hydrogen (secondary N) is 3. The summed E-state index contributed by atoms with van der Waals surface area (Å²) in [7, 11) is 0. The van der Waals surface area contributed by atoms with E-state index in [9.17, 15) is 26.7 Å². The maximum atomic E-state index is 13.7. The molecule has 2 atom stereocenters. The monoisotopic (exact) mass is 560 g/mol. The van der Waals surface area contributed by atoms with E-state index in [0.717, 1.165) is 24.8 Å². The molecule has 1 saturated heterocycles. The molecule has 0 bridgehead atoms. The van der Waals surface area contributed by atoms with Crippen LogP contribution in [-0.2, 0) is 19.1 Å². The summed E-state index contributed by atoms with van der Waals surface area (Å²) < 4.78 is 68.8. The lowest BCUT2D eigenvalue weighted by Crippen LogP contribution is -2.33. The third kappa shape index (κ3) is 4.76. The van der Waals surface area contributed by atoms with Gasteiger partial charge in [-0.2, -0.15) is 18.3 Å². The van der Waals surface area contributed by atoms with Crippen molar-refractivity contribution in [3.63, 3.8) is 0 Å². The highest BCUT2D eigenvalue weighted by Crippen LogP contribution is 2.42. The minimum Gasteiger partial charge on any atom is -0.349 e. The van der Waals surface area contributed by atoms with Crippen LogP contribution in [0.1, 0.15) is 28.5 Å². The van der Waals surface area contributed by atoms with Gasteiger partial charge in [0.15, 0.2) is 17.2 Å². The molecule has 9 nitrogen and oxygen atoms in total. The van der Waals surface area contributed by atoms with Gasteiger partial charge in [0.2, 0.25) is 0 Å². The van der Waals surface area contributed by atoms with Crippen LogP contribution in [0.3, 0.4) is 0 Å². The Balaban J connectivity index is 1.28. The van der Waals surface area contributed by atoms with Gasteiger partial charge in [-0.05, 0) is 42.0 Å². The number of halogens is 5. The summed E-state index contributed by atoms with van der Waals surface area (Å²) in [4.78, 5) is 21.5. The normalized spacial score (nSPS) is 20.2. The molecule has 2 unspecified atom stereocenters. The molecule has 1 aliphatic heterocycles. The number of aromatic nitrogens is 5. The molecule has 0 spiro atoms. The molecule has 1 aromatic carbocycles. The van der Waals surface area contributed by atoms with E-state index in [4.69, 9.17) is 0 Å². The van der Waals surface area contributed by atoms with Crippen molar-refractivity contribution in [2.24, 2.45) is 11.8 Å². The lowest BCUT2D eigenvalue weighted by atomic mass is 10.0. The van der Waals surface area contributed by atoms with Crippen LogP contribution in [-0.4, -0.2) is 55.6 Å². The highest BCUT2D eigenvalue weighted by atomic mass is 19.4. The fourth-order valence-electron chi connectivity index (χ4n) is 5.44. The van der Waals surface area contributed by atoms with Gasteiger partial charge < -0.3 is 16.0 Å². The molecule has 3 aromatic heterocycles. The van der Waals surface area contributed by atoms with Crippen molar-refractivity contribution in [2.75, 3.05) is 18.4 Å². The topological polar surface area (TPSA) is 101 Å². The molecule has 1 saturated carbocycles. The zero-order chi connectivity index (χ0) is 28.2. The van der Waals surface area contributed by atoms with E-state index in [1.807, 2.05) is 13.0 Å². The fourth-order valence-corrected chi connectivity index (χ4v) is 5.44. The molecular weight excluding hydrogens is 535 g/mol. The number of benzene rings is 1. The van der Waals surface area contributed by atoms with E-state index < -0.39 is 24.8 Å². The number of alkyl halides is 5. The van der Waals surface area contributed by atoms with Crippen LogP contribution in [0.15, 0.2) is 43.0 Å². The zero-order valence-electron chi connectivity index (χ0n) is 21.2. The molecule has 1 amide bonds. The first-order valence-corrected chi connectivity index (χ1v) is 12.8. The Kier molecular flexibility index (Phi) is 6.44. The summed E-state index contributed by atoms with van der Waals surface area (Å²) in [6, 6.07) is 5.49. The SMILES string of the molecule is CCc1cc(Nc2nccn3c(-c4cn(CC(F)F)nc4C(F)(F)F)cnc23)ccc1C(=O)NC1C2CNCC21. The summed E-state index contributed by atoms with van der Waals surface area (Å²) in [6.07, 6.45) is -2.15. The Labute approximate surface area is 224 Å². The first-order chi connectivity index (χ1) is 19.1. The van der Waals surface area contributed by atoms with E-state index in [1.165, 1.54) is 23.0 Å². The lowest BCUT2D eigenvalue weighted by molar-refractivity contribution is -0.141. The number of piperidine rings is 1. The molecule has 2 aliphatic rings. The third-order valence-electron chi connectivity index (χ3n) is 7.44. The molecule has 14 heteroatoms. The fraction of sp³-hybridized carbons (Fsp3) is 0.385. The summed E-state index contributed by atoms with van der Waals surface area (Å²) in [6.45, 7) is 2.81. The summed E-state index contributed by atoms with van der Waals surface area (Å²) in [5, 5.41) is 12.9. The van der Waals surface area contributed by atoms with Crippen molar-refractivity contribution >= 4 is 23.1 Å². The molecule has 40 heavy (non-hydrogen) atoms. The van der Waals surface area contributed by atoms with Crippen LogP contribution in [0.4, 0.5) is 33.5 Å². The predicted octanol–water partition coefficient (Wildman–Crippen LogP) is 4.13. The first-order valence-electron chi connectivity index (χ1n) is 12.8. The Hall–Kier alpha value is -4.07. The molecule has 210 valence electrons. The predicted molar refractivity (Wildman–Crippen MR) is 135 cm³/mol. The number of amides is 1. The number of carbonyl (C=O) groups is 1.